The number of benzene rings is 2. The number of nitrogens with zero attached hydrogens (tertiary/aromatic N) is 1. The fourth-order valence-corrected chi connectivity index (χ4v) is 2.80. The molecule has 0 aromatic heterocycles. The third kappa shape index (κ3) is 6.57. The van der Waals surface area contributed by atoms with E-state index in [0.717, 1.165) is 12.2 Å². The molecule has 0 saturated carbocycles. The number of rotatable bonds is 10. The van der Waals surface area contributed by atoms with Crippen LogP contribution in [-0.2, 0) is 24.4 Å². The third-order valence-electron chi connectivity index (χ3n) is 4.36. The summed E-state index contributed by atoms with van der Waals surface area (Å²) in [5, 5.41) is 6.62. The molecule has 2 N–H and O–H groups in total. The summed E-state index contributed by atoms with van der Waals surface area (Å²) < 4.78 is 21.6. The van der Waals surface area contributed by atoms with Crippen molar-refractivity contribution in [2.45, 2.75) is 26.6 Å². The molecule has 2 aromatic carbocycles. The first-order chi connectivity index (χ1) is 14.1. The zero-order valence-corrected chi connectivity index (χ0v) is 17.9. The van der Waals surface area contributed by atoms with Crippen molar-refractivity contribution in [3.05, 3.63) is 53.1 Å². The number of methoxy groups -OCH3 is 3. The maximum Gasteiger partial charge on any atom is 0.203 e. The van der Waals surface area contributed by atoms with Crippen LogP contribution >= 0.6 is 0 Å². The number of hydrogen-bond acceptors (Lipinski definition) is 5. The van der Waals surface area contributed by atoms with Gasteiger partial charge >= 0.3 is 0 Å². The molecule has 0 atom stereocenters. The van der Waals surface area contributed by atoms with Crippen LogP contribution in [0.4, 0.5) is 0 Å². The molecule has 0 aliphatic heterocycles. The lowest BCUT2D eigenvalue weighted by Crippen LogP contribution is -2.36. The highest BCUT2D eigenvalue weighted by Gasteiger charge is 2.13. The Kier molecular flexibility index (Phi) is 9.11. The van der Waals surface area contributed by atoms with Gasteiger partial charge in [0.05, 0.1) is 27.9 Å². The van der Waals surface area contributed by atoms with Crippen molar-refractivity contribution < 1.29 is 18.9 Å². The fraction of sp³-hybridized carbons (Fsp3) is 0.409. The van der Waals surface area contributed by atoms with Gasteiger partial charge in [0.2, 0.25) is 5.75 Å². The van der Waals surface area contributed by atoms with Gasteiger partial charge in [0.25, 0.3) is 0 Å². The summed E-state index contributed by atoms with van der Waals surface area (Å²) in [4.78, 5) is 4.28. The molecule has 0 spiro atoms. The predicted octanol–water partition coefficient (Wildman–Crippen LogP) is 3.11. The van der Waals surface area contributed by atoms with Crippen LogP contribution in [0.1, 0.15) is 23.6 Å². The molecule has 0 aliphatic rings. The van der Waals surface area contributed by atoms with Crippen molar-refractivity contribution in [2.24, 2.45) is 4.99 Å². The van der Waals surface area contributed by atoms with E-state index in [1.165, 1.54) is 11.1 Å². The molecule has 7 nitrogen and oxygen atoms in total. The Morgan fingerprint density at radius 2 is 1.38 bits per heavy atom. The lowest BCUT2D eigenvalue weighted by atomic mass is 10.1. The van der Waals surface area contributed by atoms with E-state index < -0.39 is 0 Å². The van der Waals surface area contributed by atoms with Crippen molar-refractivity contribution in [1.82, 2.24) is 10.6 Å². The summed E-state index contributed by atoms with van der Waals surface area (Å²) in [6, 6.07) is 12.2. The molecule has 2 aromatic rings. The molecule has 0 saturated heterocycles. The summed E-state index contributed by atoms with van der Waals surface area (Å²) in [5.41, 5.74) is 3.32. The van der Waals surface area contributed by atoms with Gasteiger partial charge in [0.1, 0.15) is 0 Å². The Bertz CT molecular complexity index is 766. The molecule has 0 unspecified atom stereocenters. The standard InChI is InChI=1S/C22H31N3O4/c1-6-29-15-17-9-7-16(8-10-17)13-24-22(23-2)25-14-18-11-19(26-3)21(28-5)20(12-18)27-4/h7-12H,6,13-15H2,1-5H3,(H2,23,24,25). The molecule has 2 rings (SSSR count). The van der Waals surface area contributed by atoms with Crippen LogP contribution < -0.4 is 24.8 Å². The maximum atomic E-state index is 5.43. The molecule has 0 aliphatic carbocycles. The zero-order valence-electron chi connectivity index (χ0n) is 17.9. The van der Waals surface area contributed by atoms with Crippen molar-refractivity contribution in [3.8, 4) is 17.2 Å². The van der Waals surface area contributed by atoms with E-state index >= 15 is 0 Å². The Hall–Kier alpha value is -2.93. The van der Waals surface area contributed by atoms with Crippen LogP contribution in [0, 0.1) is 0 Å². The summed E-state index contributed by atoms with van der Waals surface area (Å²) in [5.74, 6) is 2.53. The molecule has 0 radical (unpaired) electrons. The van der Waals surface area contributed by atoms with Gasteiger partial charge in [0.15, 0.2) is 17.5 Å². The normalized spacial score (nSPS) is 11.1. The Morgan fingerprint density at radius 1 is 0.828 bits per heavy atom. The molecule has 0 bridgehead atoms. The average Bonchev–Trinajstić information content (AvgIpc) is 2.77. The molecular weight excluding hydrogens is 370 g/mol. The molecule has 0 heterocycles. The first-order valence-corrected chi connectivity index (χ1v) is 9.54. The van der Waals surface area contributed by atoms with Gasteiger partial charge < -0.3 is 29.6 Å². The highest BCUT2D eigenvalue weighted by atomic mass is 16.5. The van der Waals surface area contributed by atoms with E-state index in [2.05, 4.69) is 39.9 Å². The van der Waals surface area contributed by atoms with Gasteiger partial charge in [-0.15, -0.1) is 0 Å². The Balaban J connectivity index is 1.94. The predicted molar refractivity (Wildman–Crippen MR) is 115 cm³/mol. The van der Waals surface area contributed by atoms with Crippen molar-refractivity contribution in [2.75, 3.05) is 35.0 Å². The Morgan fingerprint density at radius 3 is 1.86 bits per heavy atom. The lowest BCUT2D eigenvalue weighted by Gasteiger charge is -2.16. The third-order valence-corrected chi connectivity index (χ3v) is 4.36. The number of guanidine groups is 1. The molecule has 29 heavy (non-hydrogen) atoms. The van der Waals surface area contributed by atoms with Gasteiger partial charge in [-0.05, 0) is 35.7 Å². The van der Waals surface area contributed by atoms with Crippen molar-refractivity contribution in [3.63, 3.8) is 0 Å². The highest BCUT2D eigenvalue weighted by molar-refractivity contribution is 5.79. The molecule has 0 fully saturated rings. The molecule has 0 amide bonds. The largest absolute Gasteiger partial charge is 0.493 e. The number of aliphatic imine (C=N–C) groups is 1. The maximum absolute atomic E-state index is 5.43. The topological polar surface area (TPSA) is 73.3 Å². The second kappa shape index (κ2) is 11.8. The minimum absolute atomic E-state index is 0.559. The average molecular weight is 402 g/mol. The second-order valence-corrected chi connectivity index (χ2v) is 6.27. The number of nitrogens with one attached hydrogen (secondary N) is 2. The van der Waals surface area contributed by atoms with E-state index in [4.69, 9.17) is 18.9 Å². The van der Waals surface area contributed by atoms with Crippen molar-refractivity contribution in [1.29, 1.82) is 0 Å². The highest BCUT2D eigenvalue weighted by Crippen LogP contribution is 2.38. The van der Waals surface area contributed by atoms with Gasteiger partial charge in [-0.25, -0.2) is 0 Å². The SMILES string of the molecule is CCOCc1ccc(CNC(=NC)NCc2cc(OC)c(OC)c(OC)c2)cc1. The lowest BCUT2D eigenvalue weighted by molar-refractivity contribution is 0.134. The summed E-state index contributed by atoms with van der Waals surface area (Å²) in [6.45, 7) is 4.59. The van der Waals surface area contributed by atoms with Crippen molar-refractivity contribution >= 4 is 5.96 Å². The van der Waals surface area contributed by atoms with Crippen LogP contribution in [0.15, 0.2) is 41.4 Å². The second-order valence-electron chi connectivity index (χ2n) is 6.27. The van der Waals surface area contributed by atoms with E-state index in [0.29, 0.717) is 42.9 Å². The Labute approximate surface area is 173 Å². The van der Waals surface area contributed by atoms with Crippen LogP contribution in [-0.4, -0.2) is 40.9 Å². The van der Waals surface area contributed by atoms with Crippen LogP contribution in [0.3, 0.4) is 0 Å². The quantitative estimate of drug-likeness (QED) is 0.471. The summed E-state index contributed by atoms with van der Waals surface area (Å²) in [7, 11) is 6.55. The van der Waals surface area contributed by atoms with Gasteiger partial charge in [-0.2, -0.15) is 0 Å². The summed E-state index contributed by atoms with van der Waals surface area (Å²) >= 11 is 0. The summed E-state index contributed by atoms with van der Waals surface area (Å²) in [6.07, 6.45) is 0. The smallest absolute Gasteiger partial charge is 0.203 e. The fourth-order valence-electron chi connectivity index (χ4n) is 2.80. The minimum Gasteiger partial charge on any atom is -0.493 e. The zero-order chi connectivity index (χ0) is 21.1. The monoisotopic (exact) mass is 401 g/mol. The number of hydrogen-bond donors (Lipinski definition) is 2. The van der Waals surface area contributed by atoms with Crippen LogP contribution in [0.2, 0.25) is 0 Å². The first-order valence-electron chi connectivity index (χ1n) is 9.54. The van der Waals surface area contributed by atoms with Gasteiger partial charge in [-0.3, -0.25) is 4.99 Å². The molecular formula is C22H31N3O4. The van der Waals surface area contributed by atoms with E-state index in [-0.39, 0.29) is 0 Å². The van der Waals surface area contributed by atoms with Crippen LogP contribution in [0.25, 0.3) is 0 Å². The van der Waals surface area contributed by atoms with E-state index in [9.17, 15) is 0 Å². The first kappa shape index (κ1) is 22.4. The van der Waals surface area contributed by atoms with E-state index in [1.54, 1.807) is 28.4 Å². The van der Waals surface area contributed by atoms with Crippen LogP contribution in [0.5, 0.6) is 17.2 Å². The molecule has 158 valence electrons. The van der Waals surface area contributed by atoms with Gasteiger partial charge in [0, 0.05) is 26.7 Å². The van der Waals surface area contributed by atoms with E-state index in [1.807, 2.05) is 19.1 Å². The molecule has 7 heteroatoms. The number of ether oxygens (including phenoxy) is 4. The minimum atomic E-state index is 0.559. The van der Waals surface area contributed by atoms with Gasteiger partial charge in [-0.1, -0.05) is 24.3 Å².